The highest BCUT2D eigenvalue weighted by atomic mass is 32.2. The van der Waals surface area contributed by atoms with Crippen LogP contribution >= 0.6 is 0 Å². The summed E-state index contributed by atoms with van der Waals surface area (Å²) in [6.07, 6.45) is 11.4. The first kappa shape index (κ1) is 24.2. The number of likely N-dealkylation sites (N-methyl/N-ethyl adjacent to an activating group) is 1. The van der Waals surface area contributed by atoms with Gasteiger partial charge in [-0.15, -0.1) is 0 Å². The van der Waals surface area contributed by atoms with Crippen LogP contribution in [0, 0.1) is 5.92 Å². The van der Waals surface area contributed by atoms with Crippen LogP contribution in [0.3, 0.4) is 0 Å². The Labute approximate surface area is 198 Å². The number of hydrogen-bond acceptors (Lipinski definition) is 4. The minimum absolute atomic E-state index is 0.0262. The third-order valence-corrected chi connectivity index (χ3v) is 9.30. The molecule has 0 radical (unpaired) electrons. The minimum atomic E-state index is -3.81. The van der Waals surface area contributed by atoms with Crippen LogP contribution in [0.15, 0.2) is 23.1 Å². The van der Waals surface area contributed by atoms with Crippen molar-refractivity contribution in [1.82, 2.24) is 9.62 Å². The number of benzene rings is 1. The first-order valence-corrected chi connectivity index (χ1v) is 13.9. The van der Waals surface area contributed by atoms with Gasteiger partial charge in [-0.3, -0.25) is 9.59 Å². The van der Waals surface area contributed by atoms with Crippen molar-refractivity contribution in [3.63, 3.8) is 0 Å². The summed E-state index contributed by atoms with van der Waals surface area (Å²) in [6, 6.07) is 5.16. The van der Waals surface area contributed by atoms with Gasteiger partial charge in [0.05, 0.1) is 11.4 Å². The Morgan fingerprint density at radius 2 is 1.70 bits per heavy atom. The molecule has 1 aromatic carbocycles. The van der Waals surface area contributed by atoms with E-state index in [0.29, 0.717) is 6.42 Å². The van der Waals surface area contributed by atoms with E-state index in [4.69, 9.17) is 0 Å². The molecule has 1 N–H and O–H groups in total. The number of nitrogens with one attached hydrogen (secondary N) is 1. The van der Waals surface area contributed by atoms with Crippen LogP contribution in [0.5, 0.6) is 0 Å². The van der Waals surface area contributed by atoms with Gasteiger partial charge in [0.15, 0.2) is 0 Å². The molecule has 3 aliphatic rings. The Morgan fingerprint density at radius 3 is 2.33 bits per heavy atom. The van der Waals surface area contributed by atoms with Crippen molar-refractivity contribution in [1.29, 1.82) is 0 Å². The van der Waals surface area contributed by atoms with Crippen molar-refractivity contribution < 1.29 is 18.0 Å². The molecule has 0 bridgehead atoms. The van der Waals surface area contributed by atoms with Gasteiger partial charge in [0.2, 0.25) is 21.8 Å². The fourth-order valence-corrected chi connectivity index (χ4v) is 6.47. The number of amides is 2. The molecule has 1 heterocycles. The van der Waals surface area contributed by atoms with Crippen LogP contribution in [0.1, 0.15) is 76.7 Å². The maximum atomic E-state index is 13.2. The summed E-state index contributed by atoms with van der Waals surface area (Å²) < 4.78 is 27.5. The molecule has 1 atom stereocenters. The fourth-order valence-electron chi connectivity index (χ4n) is 5.30. The summed E-state index contributed by atoms with van der Waals surface area (Å²) >= 11 is 0. The molecule has 1 aromatic rings. The van der Waals surface area contributed by atoms with Gasteiger partial charge in [0.25, 0.3) is 0 Å². The normalized spacial score (nSPS) is 22.4. The third-order valence-electron chi connectivity index (χ3n) is 7.50. The maximum Gasteiger partial charge on any atom is 0.243 e. The van der Waals surface area contributed by atoms with Crippen LogP contribution < -0.4 is 10.2 Å². The molecule has 1 unspecified atom stereocenters. The van der Waals surface area contributed by atoms with E-state index in [1.165, 1.54) is 26.3 Å². The molecule has 0 aromatic heterocycles. The SMILES string of the molecule is CC1Cc2cc(S(=O)(=O)N(C)CC(=O)NC3CCCCCCC3)ccc2N1C(=O)C1CCC1. The lowest BCUT2D eigenvalue weighted by molar-refractivity contribution is -0.125. The molecule has 2 fully saturated rings. The minimum Gasteiger partial charge on any atom is -0.352 e. The van der Waals surface area contributed by atoms with Crippen molar-refractivity contribution in [2.24, 2.45) is 5.92 Å². The largest absolute Gasteiger partial charge is 0.352 e. The van der Waals surface area contributed by atoms with E-state index in [9.17, 15) is 18.0 Å². The number of carbonyl (C=O) groups is 2. The summed E-state index contributed by atoms with van der Waals surface area (Å²) in [7, 11) is -2.35. The fraction of sp³-hybridized carbons (Fsp3) is 0.680. The molecule has 0 saturated heterocycles. The van der Waals surface area contributed by atoms with E-state index < -0.39 is 10.0 Å². The van der Waals surface area contributed by atoms with Crippen LogP contribution in [-0.2, 0) is 26.0 Å². The second-order valence-corrected chi connectivity index (χ2v) is 12.1. The van der Waals surface area contributed by atoms with Crippen LogP contribution in [0.25, 0.3) is 0 Å². The molecule has 2 saturated carbocycles. The Balaban J connectivity index is 1.42. The smallest absolute Gasteiger partial charge is 0.243 e. The van der Waals surface area contributed by atoms with Gasteiger partial charge >= 0.3 is 0 Å². The van der Waals surface area contributed by atoms with Crippen molar-refractivity contribution in [2.75, 3.05) is 18.5 Å². The summed E-state index contributed by atoms with van der Waals surface area (Å²) in [5.74, 6) is 0.00843. The molecule has 2 amide bonds. The topological polar surface area (TPSA) is 86.8 Å². The second-order valence-electron chi connectivity index (χ2n) is 10.1. The number of fused-ring (bicyclic) bond motifs is 1. The van der Waals surface area contributed by atoms with Crippen molar-refractivity contribution in [3.8, 4) is 0 Å². The highest BCUT2D eigenvalue weighted by molar-refractivity contribution is 7.89. The number of sulfonamides is 1. The third kappa shape index (κ3) is 5.27. The number of anilines is 1. The average Bonchev–Trinajstić information content (AvgIpc) is 3.03. The lowest BCUT2D eigenvalue weighted by Gasteiger charge is -2.32. The van der Waals surface area contributed by atoms with E-state index in [-0.39, 0.29) is 41.3 Å². The van der Waals surface area contributed by atoms with Gasteiger partial charge in [-0.1, -0.05) is 38.5 Å². The van der Waals surface area contributed by atoms with Crippen LogP contribution in [0.4, 0.5) is 5.69 Å². The molecule has 7 nitrogen and oxygen atoms in total. The lowest BCUT2D eigenvalue weighted by Crippen LogP contribution is -2.43. The van der Waals surface area contributed by atoms with Gasteiger partial charge in [0, 0.05) is 30.7 Å². The predicted octanol–water partition coefficient (Wildman–Crippen LogP) is 3.61. The van der Waals surface area contributed by atoms with E-state index in [1.807, 2.05) is 11.8 Å². The van der Waals surface area contributed by atoms with E-state index in [1.54, 1.807) is 18.2 Å². The molecular formula is C25H37N3O4S. The number of nitrogens with zero attached hydrogens (tertiary/aromatic N) is 2. The predicted molar refractivity (Wildman–Crippen MR) is 129 cm³/mol. The standard InChI is InChI=1S/C25H37N3O4S/c1-18-15-20-16-22(13-14-23(20)28(18)25(30)19-9-8-10-19)33(31,32)27(2)17-24(29)26-21-11-6-4-3-5-7-12-21/h13-14,16,18-19,21H,3-12,15,17H2,1-2H3,(H,26,29). The molecule has 33 heavy (non-hydrogen) atoms. The highest BCUT2D eigenvalue weighted by Crippen LogP contribution is 2.38. The molecule has 4 rings (SSSR count). The molecule has 8 heteroatoms. The van der Waals surface area contributed by atoms with E-state index >= 15 is 0 Å². The van der Waals surface area contributed by atoms with Gasteiger partial charge in [0.1, 0.15) is 0 Å². The quantitative estimate of drug-likeness (QED) is 0.681. The van der Waals surface area contributed by atoms with Gasteiger partial charge in [-0.25, -0.2) is 8.42 Å². The summed E-state index contributed by atoms with van der Waals surface area (Å²) in [4.78, 5) is 27.5. The molecular weight excluding hydrogens is 438 g/mol. The number of hydrogen-bond donors (Lipinski definition) is 1. The lowest BCUT2D eigenvalue weighted by atomic mass is 9.84. The summed E-state index contributed by atoms with van der Waals surface area (Å²) in [6.45, 7) is 1.81. The van der Waals surface area contributed by atoms with Crippen LogP contribution in [0.2, 0.25) is 0 Å². The molecule has 1 aliphatic heterocycles. The number of rotatable bonds is 6. The molecule has 2 aliphatic carbocycles. The maximum absolute atomic E-state index is 13.2. The van der Waals surface area contributed by atoms with Crippen molar-refractivity contribution in [2.45, 2.75) is 94.5 Å². The van der Waals surface area contributed by atoms with E-state index in [2.05, 4.69) is 5.32 Å². The van der Waals surface area contributed by atoms with Gasteiger partial charge in [-0.05, 0) is 62.8 Å². The van der Waals surface area contributed by atoms with Gasteiger partial charge < -0.3 is 10.2 Å². The number of carbonyl (C=O) groups excluding carboxylic acids is 2. The summed E-state index contributed by atoms with van der Waals surface area (Å²) in [5, 5.41) is 3.04. The van der Waals surface area contributed by atoms with Crippen molar-refractivity contribution in [3.05, 3.63) is 23.8 Å². The zero-order valence-electron chi connectivity index (χ0n) is 19.9. The Kier molecular flexibility index (Phi) is 7.43. The highest BCUT2D eigenvalue weighted by Gasteiger charge is 2.37. The second kappa shape index (κ2) is 10.1. The zero-order valence-corrected chi connectivity index (χ0v) is 20.7. The Bertz CT molecular complexity index is 981. The Hall–Kier alpha value is -1.93. The van der Waals surface area contributed by atoms with Crippen LogP contribution in [-0.4, -0.2) is 50.2 Å². The Morgan fingerprint density at radius 1 is 1.03 bits per heavy atom. The molecule has 182 valence electrons. The first-order valence-electron chi connectivity index (χ1n) is 12.5. The molecule has 0 spiro atoms. The summed E-state index contributed by atoms with van der Waals surface area (Å²) in [5.41, 5.74) is 1.70. The first-order chi connectivity index (χ1) is 15.8. The monoisotopic (exact) mass is 475 g/mol. The van der Waals surface area contributed by atoms with E-state index in [0.717, 1.165) is 60.5 Å². The average molecular weight is 476 g/mol. The van der Waals surface area contributed by atoms with Gasteiger partial charge in [-0.2, -0.15) is 4.31 Å². The van der Waals surface area contributed by atoms with Crippen molar-refractivity contribution >= 4 is 27.5 Å². The zero-order chi connectivity index (χ0) is 23.6.